The summed E-state index contributed by atoms with van der Waals surface area (Å²) in [7, 11) is -1.70. The highest BCUT2D eigenvalue weighted by Crippen LogP contribution is 2.35. The average Bonchev–Trinajstić information content (AvgIpc) is 3.20. The van der Waals surface area contributed by atoms with E-state index >= 15 is 0 Å². The summed E-state index contributed by atoms with van der Waals surface area (Å²) in [6.45, 7) is 0. The van der Waals surface area contributed by atoms with Crippen molar-refractivity contribution in [3.63, 3.8) is 0 Å². The van der Waals surface area contributed by atoms with Gasteiger partial charge >= 0.3 is 10.2 Å². The highest BCUT2D eigenvalue weighted by atomic mass is 32.3. The van der Waals surface area contributed by atoms with Gasteiger partial charge in [-0.25, -0.2) is 0 Å². The van der Waals surface area contributed by atoms with Gasteiger partial charge in [-0.05, 0) is 30.3 Å². The SMILES string of the molecule is C#Cc1ccc2c(c1)[nH]c1c2c(=O)c2cc(OC)c(-c3cncc(S(=O)(=O)F)c3)cc2n1C. The van der Waals surface area contributed by atoms with Crippen LogP contribution in [0.25, 0.3) is 44.0 Å². The summed E-state index contributed by atoms with van der Waals surface area (Å²) in [5.41, 5.74) is 3.19. The van der Waals surface area contributed by atoms with E-state index in [9.17, 15) is 17.1 Å². The van der Waals surface area contributed by atoms with Crippen LogP contribution < -0.4 is 10.2 Å². The van der Waals surface area contributed by atoms with Crippen molar-refractivity contribution in [3.05, 3.63) is 64.6 Å². The molecule has 2 aromatic carbocycles. The molecule has 0 spiro atoms. The molecule has 3 aromatic heterocycles. The number of fused-ring (bicyclic) bond motifs is 4. The van der Waals surface area contributed by atoms with Crippen molar-refractivity contribution in [2.45, 2.75) is 4.90 Å². The zero-order valence-electron chi connectivity index (χ0n) is 17.5. The first kappa shape index (κ1) is 20.7. The summed E-state index contributed by atoms with van der Waals surface area (Å²) >= 11 is 0. The predicted octanol–water partition coefficient (Wildman–Crippen LogP) is 3.88. The van der Waals surface area contributed by atoms with Crippen LogP contribution in [-0.4, -0.2) is 30.1 Å². The van der Waals surface area contributed by atoms with Gasteiger partial charge in [0, 0.05) is 47.0 Å². The fourth-order valence-corrected chi connectivity index (χ4v) is 4.59. The van der Waals surface area contributed by atoms with Crippen LogP contribution in [0.4, 0.5) is 3.89 Å². The first-order valence-electron chi connectivity index (χ1n) is 9.76. The van der Waals surface area contributed by atoms with Gasteiger partial charge in [-0.3, -0.25) is 9.78 Å². The zero-order chi connectivity index (χ0) is 23.5. The number of halogens is 1. The van der Waals surface area contributed by atoms with Gasteiger partial charge in [-0.15, -0.1) is 10.3 Å². The smallest absolute Gasteiger partial charge is 0.333 e. The van der Waals surface area contributed by atoms with Gasteiger partial charge in [0.2, 0.25) is 0 Å². The minimum atomic E-state index is -4.94. The Hall–Kier alpha value is -4.16. The summed E-state index contributed by atoms with van der Waals surface area (Å²) in [5.74, 6) is 2.91. The molecule has 33 heavy (non-hydrogen) atoms. The van der Waals surface area contributed by atoms with Crippen molar-refractivity contribution < 1.29 is 17.0 Å². The Bertz CT molecular complexity index is 1830. The number of ether oxygens (including phenoxy) is 1. The Morgan fingerprint density at radius 2 is 1.94 bits per heavy atom. The van der Waals surface area contributed by atoms with Crippen molar-refractivity contribution in [2.24, 2.45) is 7.05 Å². The molecule has 1 N–H and O–H groups in total. The van der Waals surface area contributed by atoms with E-state index < -0.39 is 15.1 Å². The minimum Gasteiger partial charge on any atom is -0.496 e. The average molecular weight is 461 g/mol. The van der Waals surface area contributed by atoms with Gasteiger partial charge in [-0.2, -0.15) is 8.42 Å². The van der Waals surface area contributed by atoms with E-state index in [0.29, 0.717) is 44.4 Å². The number of methoxy groups -OCH3 is 1. The molecule has 0 saturated carbocycles. The second kappa shape index (κ2) is 7.18. The number of aromatic amines is 1. The second-order valence-corrected chi connectivity index (χ2v) is 8.91. The lowest BCUT2D eigenvalue weighted by Gasteiger charge is -2.14. The van der Waals surface area contributed by atoms with E-state index in [4.69, 9.17) is 11.2 Å². The quantitative estimate of drug-likeness (QED) is 0.325. The fourth-order valence-electron chi connectivity index (χ4n) is 4.13. The molecule has 3 heterocycles. The van der Waals surface area contributed by atoms with Crippen LogP contribution in [0.3, 0.4) is 0 Å². The van der Waals surface area contributed by atoms with Crippen molar-refractivity contribution >= 4 is 43.1 Å². The number of nitrogens with one attached hydrogen (secondary N) is 1. The van der Waals surface area contributed by atoms with Crippen molar-refractivity contribution in [2.75, 3.05) is 7.11 Å². The molecule has 0 amide bonds. The molecule has 0 aliphatic carbocycles. The predicted molar refractivity (Wildman–Crippen MR) is 125 cm³/mol. The van der Waals surface area contributed by atoms with Crippen molar-refractivity contribution in [1.29, 1.82) is 0 Å². The van der Waals surface area contributed by atoms with Crippen LogP contribution in [0.15, 0.2) is 58.5 Å². The number of hydrogen-bond donors (Lipinski definition) is 1. The summed E-state index contributed by atoms with van der Waals surface area (Å²) in [5, 5.41) is 1.68. The van der Waals surface area contributed by atoms with Crippen LogP contribution in [0.5, 0.6) is 5.75 Å². The number of nitrogens with zero attached hydrogens (tertiary/aromatic N) is 2. The number of hydrogen-bond acceptors (Lipinski definition) is 5. The van der Waals surface area contributed by atoms with Gasteiger partial charge < -0.3 is 14.3 Å². The third kappa shape index (κ3) is 3.15. The number of aryl methyl sites for hydroxylation is 1. The van der Waals surface area contributed by atoms with Gasteiger partial charge in [0.1, 0.15) is 16.3 Å². The first-order chi connectivity index (χ1) is 15.7. The van der Waals surface area contributed by atoms with E-state index in [1.807, 2.05) is 10.6 Å². The molecule has 9 heteroatoms. The molecule has 0 fully saturated rings. The van der Waals surface area contributed by atoms with E-state index in [1.54, 1.807) is 31.3 Å². The molecule has 0 aliphatic heterocycles. The molecule has 0 atom stereocenters. The van der Waals surface area contributed by atoms with Gasteiger partial charge in [0.05, 0.1) is 23.4 Å². The number of H-pyrrole nitrogens is 1. The largest absolute Gasteiger partial charge is 0.496 e. The maximum atomic E-state index is 13.5. The summed E-state index contributed by atoms with van der Waals surface area (Å²) < 4.78 is 43.6. The number of rotatable bonds is 3. The third-order valence-corrected chi connectivity index (χ3v) is 6.52. The Balaban J connectivity index is 1.87. The minimum absolute atomic E-state index is 0.194. The van der Waals surface area contributed by atoms with E-state index in [1.165, 1.54) is 19.4 Å². The van der Waals surface area contributed by atoms with Gasteiger partial charge in [0.15, 0.2) is 5.43 Å². The highest BCUT2D eigenvalue weighted by Gasteiger charge is 2.19. The van der Waals surface area contributed by atoms with Crippen LogP contribution in [0.2, 0.25) is 0 Å². The number of pyridine rings is 2. The van der Waals surface area contributed by atoms with Crippen molar-refractivity contribution in [3.8, 4) is 29.2 Å². The number of aromatic nitrogens is 3. The Kier molecular flexibility index (Phi) is 4.51. The van der Waals surface area contributed by atoms with Gasteiger partial charge in [0.25, 0.3) is 0 Å². The fraction of sp³-hybridized carbons (Fsp3) is 0.0833. The molecule has 7 nitrogen and oxygen atoms in total. The molecule has 0 aliphatic rings. The molecule has 164 valence electrons. The normalized spacial score (nSPS) is 11.8. The summed E-state index contributed by atoms with van der Waals surface area (Å²) in [4.78, 5) is 20.1. The van der Waals surface area contributed by atoms with Crippen LogP contribution in [0.1, 0.15) is 5.56 Å². The monoisotopic (exact) mass is 461 g/mol. The maximum absolute atomic E-state index is 13.5. The van der Waals surface area contributed by atoms with E-state index in [0.717, 1.165) is 17.1 Å². The second-order valence-electron chi connectivity index (χ2n) is 7.56. The Morgan fingerprint density at radius 3 is 2.64 bits per heavy atom. The summed E-state index contributed by atoms with van der Waals surface area (Å²) in [6.07, 6.45) is 7.84. The van der Waals surface area contributed by atoms with Crippen LogP contribution in [-0.2, 0) is 17.3 Å². The maximum Gasteiger partial charge on any atom is 0.333 e. The van der Waals surface area contributed by atoms with E-state index in [2.05, 4.69) is 15.9 Å². The lowest BCUT2D eigenvalue weighted by atomic mass is 10.0. The number of terminal acetylenes is 1. The van der Waals surface area contributed by atoms with E-state index in [-0.39, 0.29) is 5.43 Å². The van der Waals surface area contributed by atoms with Crippen LogP contribution >= 0.6 is 0 Å². The first-order valence-corrected chi connectivity index (χ1v) is 11.1. The Morgan fingerprint density at radius 1 is 1.15 bits per heavy atom. The molecule has 0 bridgehead atoms. The summed E-state index contributed by atoms with van der Waals surface area (Å²) in [6, 6.07) is 9.86. The zero-order valence-corrected chi connectivity index (χ0v) is 18.3. The van der Waals surface area contributed by atoms with Gasteiger partial charge in [-0.1, -0.05) is 12.0 Å². The third-order valence-electron chi connectivity index (χ3n) is 5.74. The molecule has 0 radical (unpaired) electrons. The standard InChI is InChI=1S/C24H16FN3O4S/c1-4-13-5-6-16-19(7-13)27-24-22(16)23(29)18-10-21(32-3)17(9-20(18)28(24)2)14-8-15(12-26-11-14)33(25,30)31/h1,5-12,27H,2-3H3. The molecular formula is C24H16FN3O4S. The number of benzene rings is 2. The molecule has 0 saturated heterocycles. The van der Waals surface area contributed by atoms with Crippen molar-refractivity contribution in [1.82, 2.24) is 14.5 Å². The highest BCUT2D eigenvalue weighted by molar-refractivity contribution is 7.86. The molecular weight excluding hydrogens is 445 g/mol. The molecule has 5 aromatic rings. The lowest BCUT2D eigenvalue weighted by molar-refractivity contribution is 0.417. The van der Waals surface area contributed by atoms with Crippen LogP contribution in [0, 0.1) is 12.3 Å². The topological polar surface area (TPSA) is 94.1 Å². The Labute approximate surface area is 187 Å². The molecule has 0 unspecified atom stereocenters. The molecule has 5 rings (SSSR count). The lowest BCUT2D eigenvalue weighted by Crippen LogP contribution is -2.09.